The number of hydrogen-bond donors (Lipinski definition) is 0. The van der Waals surface area contributed by atoms with Crippen LogP contribution < -0.4 is 0 Å². The third kappa shape index (κ3) is 5.82. The Hall–Kier alpha value is -1.39. The molecule has 1 saturated heterocycles. The van der Waals surface area contributed by atoms with E-state index in [1.165, 1.54) is 0 Å². The molecule has 0 bridgehead atoms. The fraction of sp³-hybridized carbons (Fsp3) is 0.720. The van der Waals surface area contributed by atoms with Crippen molar-refractivity contribution < 1.29 is 19.0 Å². The van der Waals surface area contributed by atoms with Crippen LogP contribution >= 0.6 is 0 Å². The van der Waals surface area contributed by atoms with Crippen molar-refractivity contribution in [1.29, 1.82) is 0 Å². The highest BCUT2D eigenvalue weighted by atomic mass is 16.7. The molecule has 0 spiro atoms. The van der Waals surface area contributed by atoms with Gasteiger partial charge >= 0.3 is 5.97 Å². The van der Waals surface area contributed by atoms with Crippen LogP contribution in [-0.4, -0.2) is 24.8 Å². The van der Waals surface area contributed by atoms with Crippen molar-refractivity contribution in [3.05, 3.63) is 35.9 Å². The Bertz CT molecular complexity index is 615. The minimum Gasteiger partial charge on any atom is -0.465 e. The summed E-state index contributed by atoms with van der Waals surface area (Å²) in [5, 5.41) is 0. The minimum atomic E-state index is -0.392. The van der Waals surface area contributed by atoms with Gasteiger partial charge in [-0.2, -0.15) is 0 Å². The Balaban J connectivity index is 0.00000145. The number of fused-ring (bicyclic) bond motifs is 1. The molecule has 0 radical (unpaired) electrons. The maximum absolute atomic E-state index is 12.7. The number of hydrogen-bond acceptors (Lipinski definition) is 4. The van der Waals surface area contributed by atoms with Gasteiger partial charge < -0.3 is 14.2 Å². The largest absolute Gasteiger partial charge is 0.465 e. The molecule has 1 aliphatic heterocycles. The molecule has 0 amide bonds. The summed E-state index contributed by atoms with van der Waals surface area (Å²) in [4.78, 5) is 12.7. The lowest BCUT2D eigenvalue weighted by Gasteiger charge is -2.33. The molecule has 2 aliphatic rings. The lowest BCUT2D eigenvalue weighted by Crippen LogP contribution is -2.37. The number of ether oxygens (including phenoxy) is 3. The first-order valence-electron chi connectivity index (χ1n) is 11.5. The summed E-state index contributed by atoms with van der Waals surface area (Å²) >= 11 is 0. The van der Waals surface area contributed by atoms with Gasteiger partial charge in [-0.1, -0.05) is 71.4 Å². The number of benzene rings is 1. The summed E-state index contributed by atoms with van der Waals surface area (Å²) in [6, 6.07) is 10.1. The molecule has 1 saturated carbocycles. The number of carbonyl (C=O) groups excluding carboxylic acids is 1. The van der Waals surface area contributed by atoms with Crippen LogP contribution in [-0.2, 0) is 19.0 Å². The van der Waals surface area contributed by atoms with Crippen molar-refractivity contribution >= 4 is 5.97 Å². The van der Waals surface area contributed by atoms with Crippen LogP contribution in [0.25, 0.3) is 0 Å². The van der Waals surface area contributed by atoms with Gasteiger partial charge in [-0.15, -0.1) is 0 Å². The average Bonchev–Trinajstić information content (AvgIpc) is 3.17. The van der Waals surface area contributed by atoms with Crippen molar-refractivity contribution in [2.75, 3.05) is 6.61 Å². The third-order valence-corrected chi connectivity index (χ3v) is 6.47. The van der Waals surface area contributed by atoms with Crippen molar-refractivity contribution in [1.82, 2.24) is 0 Å². The van der Waals surface area contributed by atoms with Gasteiger partial charge in [0.1, 0.15) is 0 Å². The molecule has 1 aromatic carbocycles. The van der Waals surface area contributed by atoms with Gasteiger partial charge in [0, 0.05) is 5.56 Å². The highest BCUT2D eigenvalue weighted by Crippen LogP contribution is 2.41. The summed E-state index contributed by atoms with van der Waals surface area (Å²) in [5.74, 6) is 0.581. The molecule has 4 heteroatoms. The first kappa shape index (κ1) is 23.9. The lowest BCUT2D eigenvalue weighted by molar-refractivity contribution is -0.160. The van der Waals surface area contributed by atoms with E-state index < -0.39 is 5.41 Å². The summed E-state index contributed by atoms with van der Waals surface area (Å²) < 4.78 is 18.1. The predicted molar refractivity (Wildman–Crippen MR) is 116 cm³/mol. The smallest absolute Gasteiger partial charge is 0.312 e. The van der Waals surface area contributed by atoms with E-state index in [4.69, 9.17) is 14.2 Å². The number of carbonyl (C=O) groups is 1. The van der Waals surface area contributed by atoms with Gasteiger partial charge in [0.25, 0.3) is 0 Å². The van der Waals surface area contributed by atoms with E-state index in [0.717, 1.165) is 37.7 Å². The minimum absolute atomic E-state index is 0.0489. The van der Waals surface area contributed by atoms with E-state index in [0.29, 0.717) is 12.5 Å². The molecular weight excluding hydrogens is 364 g/mol. The fourth-order valence-corrected chi connectivity index (χ4v) is 4.26. The van der Waals surface area contributed by atoms with E-state index in [-0.39, 0.29) is 30.4 Å². The molecule has 3 rings (SSSR count). The van der Waals surface area contributed by atoms with Crippen molar-refractivity contribution in [2.45, 2.75) is 92.1 Å². The van der Waals surface area contributed by atoms with Crippen molar-refractivity contribution in [2.24, 2.45) is 17.3 Å². The molecule has 1 aromatic rings. The van der Waals surface area contributed by atoms with Crippen LogP contribution in [0.2, 0.25) is 0 Å². The second-order valence-corrected chi connectivity index (χ2v) is 8.69. The van der Waals surface area contributed by atoms with E-state index >= 15 is 0 Å². The van der Waals surface area contributed by atoms with E-state index in [1.807, 2.05) is 51.1 Å². The van der Waals surface area contributed by atoms with E-state index in [2.05, 4.69) is 20.8 Å². The first-order chi connectivity index (χ1) is 13.9. The predicted octanol–water partition coefficient (Wildman–Crippen LogP) is 6.30. The number of esters is 1. The highest BCUT2D eigenvalue weighted by molar-refractivity contribution is 5.76. The zero-order chi connectivity index (χ0) is 21.4. The van der Waals surface area contributed by atoms with E-state index in [1.54, 1.807) is 0 Å². The second-order valence-electron chi connectivity index (χ2n) is 8.69. The normalized spacial score (nSPS) is 28.1. The maximum atomic E-state index is 12.7. The zero-order valence-corrected chi connectivity index (χ0v) is 19.1. The van der Waals surface area contributed by atoms with Gasteiger partial charge in [0.05, 0.1) is 24.2 Å². The van der Waals surface area contributed by atoms with E-state index in [9.17, 15) is 4.79 Å². The highest BCUT2D eigenvalue weighted by Gasteiger charge is 2.42. The Morgan fingerprint density at radius 3 is 2.41 bits per heavy atom. The molecule has 1 heterocycles. The van der Waals surface area contributed by atoms with Crippen LogP contribution in [0.1, 0.15) is 85.5 Å². The van der Waals surface area contributed by atoms with Crippen LogP contribution in [0.15, 0.2) is 30.3 Å². The van der Waals surface area contributed by atoms with Crippen LogP contribution in [0.5, 0.6) is 0 Å². The molecular formula is C25H40O4. The monoisotopic (exact) mass is 404 g/mol. The first-order valence-corrected chi connectivity index (χ1v) is 11.5. The lowest BCUT2D eigenvalue weighted by atomic mass is 9.75. The fourth-order valence-electron chi connectivity index (χ4n) is 4.26. The third-order valence-electron chi connectivity index (χ3n) is 6.47. The summed E-state index contributed by atoms with van der Waals surface area (Å²) in [5.41, 5.74) is 0.680. The molecule has 5 unspecified atom stereocenters. The second kappa shape index (κ2) is 11.1. The van der Waals surface area contributed by atoms with Crippen LogP contribution in [0.4, 0.5) is 0 Å². The van der Waals surface area contributed by atoms with Gasteiger partial charge in [-0.05, 0) is 44.4 Å². The molecule has 164 valence electrons. The van der Waals surface area contributed by atoms with Gasteiger partial charge in [-0.25, -0.2) is 0 Å². The van der Waals surface area contributed by atoms with Crippen LogP contribution in [0, 0.1) is 17.3 Å². The Morgan fingerprint density at radius 1 is 1.14 bits per heavy atom. The average molecular weight is 405 g/mol. The molecule has 4 nitrogen and oxygen atoms in total. The van der Waals surface area contributed by atoms with Gasteiger partial charge in [0.2, 0.25) is 0 Å². The SMILES string of the molecule is CC.CCCC(C)(C(=O)OCC1CCC2OC(c3ccccc3)OC2C1)C(C)C. The maximum Gasteiger partial charge on any atom is 0.312 e. The molecule has 2 fully saturated rings. The Labute approximate surface area is 177 Å². The summed E-state index contributed by atoms with van der Waals surface area (Å²) in [6.07, 6.45) is 4.72. The van der Waals surface area contributed by atoms with Crippen molar-refractivity contribution in [3.8, 4) is 0 Å². The molecule has 5 atom stereocenters. The molecule has 0 aromatic heterocycles. The quantitative estimate of drug-likeness (QED) is 0.500. The molecule has 29 heavy (non-hydrogen) atoms. The standard InChI is InChI=1S/C23H34O4.C2H6/c1-5-13-23(4,16(2)3)22(24)25-15-17-11-12-19-20(14-17)27-21(26-19)18-9-7-6-8-10-18;1-2/h6-10,16-17,19-21H,5,11-15H2,1-4H3;1-2H3. The Morgan fingerprint density at radius 2 is 1.79 bits per heavy atom. The topological polar surface area (TPSA) is 44.8 Å². The molecule has 0 N–H and O–H groups in total. The molecule has 1 aliphatic carbocycles. The Kier molecular flexibility index (Phi) is 9.16. The van der Waals surface area contributed by atoms with Gasteiger partial charge in [-0.3, -0.25) is 4.79 Å². The summed E-state index contributed by atoms with van der Waals surface area (Å²) in [7, 11) is 0. The zero-order valence-electron chi connectivity index (χ0n) is 19.1. The van der Waals surface area contributed by atoms with Gasteiger partial charge in [0.15, 0.2) is 6.29 Å². The van der Waals surface area contributed by atoms with Crippen molar-refractivity contribution in [3.63, 3.8) is 0 Å². The van der Waals surface area contributed by atoms with Crippen LogP contribution in [0.3, 0.4) is 0 Å². The summed E-state index contributed by atoms with van der Waals surface area (Å²) in [6.45, 7) is 12.9. The number of rotatable bonds is 7.